The summed E-state index contributed by atoms with van der Waals surface area (Å²) < 4.78 is 0. The highest BCUT2D eigenvalue weighted by atomic mass is 14.9. The third-order valence-corrected chi connectivity index (χ3v) is 3.12. The van der Waals surface area contributed by atoms with E-state index in [1.165, 1.54) is 71.1 Å². The SMILES string of the molecule is C1CCNCC1.CCCCNCCCC.CCNCC. The highest BCUT2D eigenvalue weighted by Crippen LogP contribution is 1.96. The lowest BCUT2D eigenvalue weighted by Crippen LogP contribution is -2.21. The van der Waals surface area contributed by atoms with Gasteiger partial charge >= 0.3 is 0 Å². The van der Waals surface area contributed by atoms with Gasteiger partial charge in [0.2, 0.25) is 0 Å². The van der Waals surface area contributed by atoms with E-state index in [0.29, 0.717) is 0 Å². The lowest BCUT2D eigenvalue weighted by atomic mass is 10.2. The average molecular weight is 288 g/mol. The molecule has 0 atom stereocenters. The van der Waals surface area contributed by atoms with E-state index in [0.717, 1.165) is 13.1 Å². The molecule has 124 valence electrons. The van der Waals surface area contributed by atoms with E-state index in [9.17, 15) is 0 Å². The molecule has 0 saturated carbocycles. The quantitative estimate of drug-likeness (QED) is 0.598. The monoisotopic (exact) mass is 287 g/mol. The molecule has 0 amide bonds. The molecule has 0 radical (unpaired) electrons. The molecule has 1 saturated heterocycles. The highest BCUT2D eigenvalue weighted by molar-refractivity contribution is 4.55. The minimum absolute atomic E-state index is 1.09. The van der Waals surface area contributed by atoms with Gasteiger partial charge in [-0.1, -0.05) is 47.0 Å². The summed E-state index contributed by atoms with van der Waals surface area (Å²) in [6.45, 7) is 15.7. The zero-order valence-electron chi connectivity index (χ0n) is 14.7. The normalized spacial score (nSPS) is 13.8. The second kappa shape index (κ2) is 23.9. The van der Waals surface area contributed by atoms with Gasteiger partial charge in [0.05, 0.1) is 0 Å². The van der Waals surface area contributed by atoms with Crippen molar-refractivity contribution in [1.29, 1.82) is 0 Å². The molecule has 1 heterocycles. The summed E-state index contributed by atoms with van der Waals surface area (Å²) in [4.78, 5) is 0. The summed E-state index contributed by atoms with van der Waals surface area (Å²) in [6, 6.07) is 0. The van der Waals surface area contributed by atoms with Gasteiger partial charge in [0.25, 0.3) is 0 Å². The van der Waals surface area contributed by atoms with Crippen molar-refractivity contribution in [1.82, 2.24) is 16.0 Å². The van der Waals surface area contributed by atoms with Crippen molar-refractivity contribution in [3.05, 3.63) is 0 Å². The first-order valence-corrected chi connectivity index (χ1v) is 8.95. The van der Waals surface area contributed by atoms with Gasteiger partial charge in [-0.2, -0.15) is 0 Å². The lowest BCUT2D eigenvalue weighted by molar-refractivity contribution is 0.520. The number of nitrogens with one attached hydrogen (secondary N) is 3. The van der Waals surface area contributed by atoms with Crippen LogP contribution in [0.2, 0.25) is 0 Å². The van der Waals surface area contributed by atoms with E-state index in [4.69, 9.17) is 0 Å². The maximum atomic E-state index is 3.39. The Balaban J connectivity index is 0. The van der Waals surface area contributed by atoms with E-state index < -0.39 is 0 Å². The van der Waals surface area contributed by atoms with Crippen LogP contribution >= 0.6 is 0 Å². The lowest BCUT2D eigenvalue weighted by Gasteiger charge is -2.08. The Morgan fingerprint density at radius 2 is 1.20 bits per heavy atom. The van der Waals surface area contributed by atoms with Crippen molar-refractivity contribution in [2.24, 2.45) is 0 Å². The van der Waals surface area contributed by atoms with Gasteiger partial charge in [0, 0.05) is 0 Å². The van der Waals surface area contributed by atoms with Crippen LogP contribution in [-0.4, -0.2) is 39.3 Å². The fourth-order valence-corrected chi connectivity index (χ4v) is 1.78. The van der Waals surface area contributed by atoms with E-state index in [-0.39, 0.29) is 0 Å². The Hall–Kier alpha value is -0.120. The topological polar surface area (TPSA) is 36.1 Å². The fourth-order valence-electron chi connectivity index (χ4n) is 1.78. The van der Waals surface area contributed by atoms with Gasteiger partial charge in [-0.05, 0) is 65.0 Å². The second-order valence-corrected chi connectivity index (χ2v) is 5.22. The van der Waals surface area contributed by atoms with E-state index in [1.54, 1.807) is 0 Å². The molecule has 0 aromatic carbocycles. The third kappa shape index (κ3) is 26.4. The zero-order valence-corrected chi connectivity index (χ0v) is 14.7. The third-order valence-electron chi connectivity index (χ3n) is 3.12. The van der Waals surface area contributed by atoms with Crippen LogP contribution in [0.4, 0.5) is 0 Å². The van der Waals surface area contributed by atoms with Crippen molar-refractivity contribution in [3.63, 3.8) is 0 Å². The summed E-state index contributed by atoms with van der Waals surface area (Å²) in [5.74, 6) is 0. The molecular formula is C17H41N3. The largest absolute Gasteiger partial charge is 0.317 e. The van der Waals surface area contributed by atoms with Crippen molar-refractivity contribution < 1.29 is 0 Å². The molecule has 1 aliphatic rings. The molecule has 0 aromatic rings. The summed E-state index contributed by atoms with van der Waals surface area (Å²) >= 11 is 0. The minimum atomic E-state index is 1.09. The van der Waals surface area contributed by atoms with Crippen LogP contribution in [0.5, 0.6) is 0 Å². The van der Waals surface area contributed by atoms with Gasteiger partial charge in [-0.3, -0.25) is 0 Å². The van der Waals surface area contributed by atoms with Crippen molar-refractivity contribution in [2.75, 3.05) is 39.3 Å². The number of unbranched alkanes of at least 4 members (excludes halogenated alkanes) is 2. The Morgan fingerprint density at radius 3 is 1.40 bits per heavy atom. The molecule has 20 heavy (non-hydrogen) atoms. The van der Waals surface area contributed by atoms with Gasteiger partial charge in [0.1, 0.15) is 0 Å². The molecule has 0 aromatic heterocycles. The Bertz CT molecular complexity index is 117. The molecule has 0 spiro atoms. The maximum Gasteiger partial charge on any atom is -0.00489 e. The molecule has 3 heteroatoms. The number of hydrogen-bond donors (Lipinski definition) is 3. The first-order chi connectivity index (χ1) is 9.83. The van der Waals surface area contributed by atoms with Gasteiger partial charge in [-0.15, -0.1) is 0 Å². The number of rotatable bonds is 8. The molecule has 1 aliphatic heterocycles. The Labute approximate surface area is 128 Å². The van der Waals surface area contributed by atoms with Crippen molar-refractivity contribution in [2.45, 2.75) is 72.6 Å². The summed E-state index contributed by atoms with van der Waals surface area (Å²) in [7, 11) is 0. The van der Waals surface area contributed by atoms with Gasteiger partial charge < -0.3 is 16.0 Å². The van der Waals surface area contributed by atoms with Crippen LogP contribution in [0.3, 0.4) is 0 Å². The van der Waals surface area contributed by atoms with Crippen LogP contribution in [0.25, 0.3) is 0 Å². The molecular weight excluding hydrogens is 246 g/mol. The first kappa shape index (κ1) is 22.2. The van der Waals surface area contributed by atoms with Crippen LogP contribution in [-0.2, 0) is 0 Å². The number of hydrogen-bond acceptors (Lipinski definition) is 3. The highest BCUT2D eigenvalue weighted by Gasteiger charge is 1.93. The average Bonchev–Trinajstić information content (AvgIpc) is 2.51. The van der Waals surface area contributed by atoms with Crippen LogP contribution < -0.4 is 16.0 Å². The molecule has 0 bridgehead atoms. The predicted octanol–water partition coefficient (Wildman–Crippen LogP) is 3.55. The Morgan fingerprint density at radius 1 is 0.700 bits per heavy atom. The fraction of sp³-hybridized carbons (Fsp3) is 1.00. The van der Waals surface area contributed by atoms with Crippen molar-refractivity contribution >= 4 is 0 Å². The van der Waals surface area contributed by atoms with Crippen LogP contribution in [0.15, 0.2) is 0 Å². The van der Waals surface area contributed by atoms with E-state index in [1.807, 2.05) is 0 Å². The molecule has 1 fully saturated rings. The summed E-state index contributed by atoms with van der Waals surface area (Å²) in [6.07, 6.45) is 9.47. The van der Waals surface area contributed by atoms with Crippen LogP contribution in [0.1, 0.15) is 72.6 Å². The van der Waals surface area contributed by atoms with E-state index in [2.05, 4.69) is 43.6 Å². The predicted molar refractivity (Wildman–Crippen MR) is 93.6 cm³/mol. The number of piperidine rings is 1. The standard InChI is InChI=1S/C8H19N.C5H11N.C4H11N/c1-3-5-7-9-8-6-4-2;1-2-4-6-5-3-1;1-3-5-4-2/h9H,3-8H2,1-2H3;6H,1-5H2;5H,3-4H2,1-2H3. The summed E-state index contributed by atoms with van der Waals surface area (Å²) in [5, 5.41) is 9.78. The van der Waals surface area contributed by atoms with Gasteiger partial charge in [-0.25, -0.2) is 0 Å². The Kier molecular flexibility index (Phi) is 26.5. The minimum Gasteiger partial charge on any atom is -0.317 e. The molecule has 3 N–H and O–H groups in total. The second-order valence-electron chi connectivity index (χ2n) is 5.22. The van der Waals surface area contributed by atoms with Crippen molar-refractivity contribution in [3.8, 4) is 0 Å². The first-order valence-electron chi connectivity index (χ1n) is 8.95. The van der Waals surface area contributed by atoms with Crippen LogP contribution in [0, 0.1) is 0 Å². The molecule has 0 aliphatic carbocycles. The van der Waals surface area contributed by atoms with Gasteiger partial charge in [0.15, 0.2) is 0 Å². The molecule has 0 unspecified atom stereocenters. The molecule has 1 rings (SSSR count). The zero-order chi connectivity index (χ0) is 15.3. The molecule has 3 nitrogen and oxygen atoms in total. The maximum absolute atomic E-state index is 3.39. The summed E-state index contributed by atoms with van der Waals surface area (Å²) in [5.41, 5.74) is 0. The smallest absolute Gasteiger partial charge is 0.00489 e. The van der Waals surface area contributed by atoms with E-state index >= 15 is 0 Å².